The number of pyridine rings is 1. The summed E-state index contributed by atoms with van der Waals surface area (Å²) < 4.78 is 7.81. The topological polar surface area (TPSA) is 89.6 Å². The minimum Gasteiger partial charge on any atom is -0.479 e. The summed E-state index contributed by atoms with van der Waals surface area (Å²) in [7, 11) is 0. The number of hydrogen-bond donors (Lipinski definition) is 1. The van der Waals surface area contributed by atoms with Gasteiger partial charge in [-0.15, -0.1) is 0 Å². The fourth-order valence-corrected chi connectivity index (χ4v) is 4.35. The SMILES string of the molecule is Cc1nc2cc(-c3ccccc3)nn2c(-c2cccc3ncccc23)c1C(OC(C)(C)C)C(=O)O. The van der Waals surface area contributed by atoms with Crippen LogP contribution in [0, 0.1) is 6.92 Å². The Morgan fingerprint density at radius 2 is 1.80 bits per heavy atom. The van der Waals surface area contributed by atoms with Crippen LogP contribution < -0.4 is 0 Å². The zero-order chi connectivity index (χ0) is 24.7. The molecule has 1 atom stereocenters. The fourth-order valence-electron chi connectivity index (χ4n) is 4.35. The molecule has 0 radical (unpaired) electrons. The van der Waals surface area contributed by atoms with Crippen LogP contribution in [0.4, 0.5) is 0 Å². The van der Waals surface area contributed by atoms with Crippen LogP contribution in [0.25, 0.3) is 39.1 Å². The van der Waals surface area contributed by atoms with Crippen LogP contribution in [0.3, 0.4) is 0 Å². The second-order valence-electron chi connectivity index (χ2n) is 9.45. The number of fused-ring (bicyclic) bond motifs is 2. The van der Waals surface area contributed by atoms with Crippen molar-refractivity contribution in [3.63, 3.8) is 0 Å². The number of hydrogen-bond acceptors (Lipinski definition) is 5. The van der Waals surface area contributed by atoms with Crippen molar-refractivity contribution in [3.8, 4) is 22.5 Å². The molecule has 0 aliphatic heterocycles. The van der Waals surface area contributed by atoms with Gasteiger partial charge in [-0.3, -0.25) is 4.98 Å². The molecule has 7 heteroatoms. The molecule has 1 unspecified atom stereocenters. The van der Waals surface area contributed by atoms with Crippen LogP contribution in [0.2, 0.25) is 0 Å². The Kier molecular flexibility index (Phi) is 5.57. The van der Waals surface area contributed by atoms with Gasteiger partial charge < -0.3 is 9.84 Å². The van der Waals surface area contributed by atoms with Gasteiger partial charge in [-0.2, -0.15) is 5.10 Å². The highest BCUT2D eigenvalue weighted by Gasteiger charge is 2.33. The molecule has 0 spiro atoms. The van der Waals surface area contributed by atoms with Crippen molar-refractivity contribution in [1.29, 1.82) is 0 Å². The van der Waals surface area contributed by atoms with Gasteiger partial charge in [0, 0.05) is 40.0 Å². The number of aryl methyl sites for hydroxylation is 1. The van der Waals surface area contributed by atoms with Crippen molar-refractivity contribution in [3.05, 3.63) is 84.2 Å². The van der Waals surface area contributed by atoms with Crippen molar-refractivity contribution in [2.45, 2.75) is 39.4 Å². The van der Waals surface area contributed by atoms with Crippen molar-refractivity contribution >= 4 is 22.5 Å². The minimum absolute atomic E-state index is 0.471. The van der Waals surface area contributed by atoms with Gasteiger partial charge in [0.15, 0.2) is 11.8 Å². The van der Waals surface area contributed by atoms with Crippen LogP contribution in [-0.4, -0.2) is 36.3 Å². The van der Waals surface area contributed by atoms with E-state index in [1.807, 2.05) is 94.4 Å². The monoisotopic (exact) mass is 466 g/mol. The van der Waals surface area contributed by atoms with E-state index >= 15 is 0 Å². The van der Waals surface area contributed by atoms with Gasteiger partial charge in [0.05, 0.1) is 22.5 Å². The summed E-state index contributed by atoms with van der Waals surface area (Å²) in [6.07, 6.45) is 0.503. The number of carbonyl (C=O) groups is 1. The van der Waals surface area contributed by atoms with Gasteiger partial charge in [0.1, 0.15) is 0 Å². The number of aromatic nitrogens is 4. The zero-order valence-corrected chi connectivity index (χ0v) is 20.1. The van der Waals surface area contributed by atoms with Gasteiger partial charge in [-0.25, -0.2) is 14.3 Å². The lowest BCUT2D eigenvalue weighted by atomic mass is 9.96. The van der Waals surface area contributed by atoms with Crippen molar-refractivity contribution in [2.75, 3.05) is 0 Å². The maximum Gasteiger partial charge on any atom is 0.337 e. The van der Waals surface area contributed by atoms with E-state index in [1.165, 1.54) is 0 Å². The lowest BCUT2D eigenvalue weighted by molar-refractivity contribution is -0.160. The molecule has 35 heavy (non-hydrogen) atoms. The molecule has 0 saturated carbocycles. The number of benzene rings is 2. The largest absolute Gasteiger partial charge is 0.479 e. The normalized spacial score (nSPS) is 12.8. The third-order valence-electron chi connectivity index (χ3n) is 5.76. The Balaban J connectivity index is 1.89. The van der Waals surface area contributed by atoms with Gasteiger partial charge >= 0.3 is 5.97 Å². The Hall–Kier alpha value is -4.10. The number of rotatable bonds is 5. The smallest absolute Gasteiger partial charge is 0.337 e. The molecule has 0 saturated heterocycles. The predicted octanol–water partition coefficient (Wildman–Crippen LogP) is 5.86. The highest BCUT2D eigenvalue weighted by atomic mass is 16.5. The van der Waals surface area contributed by atoms with Crippen LogP contribution in [0.5, 0.6) is 0 Å². The molecule has 7 nitrogen and oxygen atoms in total. The first-order valence-corrected chi connectivity index (χ1v) is 11.4. The fraction of sp³-hybridized carbons (Fsp3) is 0.214. The first kappa shape index (κ1) is 22.7. The van der Waals surface area contributed by atoms with E-state index in [1.54, 1.807) is 10.7 Å². The molecule has 5 rings (SSSR count). The molecule has 3 heterocycles. The summed E-state index contributed by atoms with van der Waals surface area (Å²) in [6.45, 7) is 7.34. The van der Waals surface area contributed by atoms with Gasteiger partial charge in [0.2, 0.25) is 0 Å². The third-order valence-corrected chi connectivity index (χ3v) is 5.76. The predicted molar refractivity (Wildman–Crippen MR) is 135 cm³/mol. The number of aliphatic carboxylic acids is 1. The molecule has 5 aromatic rings. The molecular formula is C28H26N4O3. The zero-order valence-electron chi connectivity index (χ0n) is 20.1. The molecule has 3 aromatic heterocycles. The highest BCUT2D eigenvalue weighted by Crippen LogP contribution is 2.38. The maximum absolute atomic E-state index is 12.5. The summed E-state index contributed by atoms with van der Waals surface area (Å²) in [5.41, 5.74) is 4.92. The van der Waals surface area contributed by atoms with Crippen LogP contribution in [0.1, 0.15) is 38.1 Å². The van der Waals surface area contributed by atoms with Gasteiger partial charge in [-0.05, 0) is 39.8 Å². The summed E-state index contributed by atoms with van der Waals surface area (Å²) in [5.74, 6) is -1.08. The number of nitrogens with zero attached hydrogens (tertiary/aromatic N) is 4. The summed E-state index contributed by atoms with van der Waals surface area (Å²) >= 11 is 0. The Morgan fingerprint density at radius 1 is 1.03 bits per heavy atom. The average Bonchev–Trinajstić information content (AvgIpc) is 3.25. The molecular weight excluding hydrogens is 440 g/mol. The lowest BCUT2D eigenvalue weighted by Gasteiger charge is -2.27. The molecule has 0 aliphatic rings. The van der Waals surface area contributed by atoms with Crippen LogP contribution >= 0.6 is 0 Å². The van der Waals surface area contributed by atoms with Crippen LogP contribution in [-0.2, 0) is 9.53 Å². The Morgan fingerprint density at radius 3 is 2.51 bits per heavy atom. The summed E-state index contributed by atoms with van der Waals surface area (Å²) in [5, 5.41) is 16.0. The van der Waals surface area contributed by atoms with E-state index in [0.717, 1.165) is 27.7 Å². The minimum atomic E-state index is -1.24. The van der Waals surface area contributed by atoms with Crippen molar-refractivity contribution in [1.82, 2.24) is 19.6 Å². The molecule has 176 valence electrons. The summed E-state index contributed by atoms with van der Waals surface area (Å²) in [4.78, 5) is 21.8. The molecule has 1 N–H and O–H groups in total. The van der Waals surface area contributed by atoms with Crippen molar-refractivity contribution < 1.29 is 14.6 Å². The second kappa shape index (κ2) is 8.60. The van der Waals surface area contributed by atoms with Crippen molar-refractivity contribution in [2.24, 2.45) is 0 Å². The molecule has 0 aliphatic carbocycles. The van der Waals surface area contributed by atoms with Gasteiger partial charge in [-0.1, -0.05) is 48.5 Å². The van der Waals surface area contributed by atoms with E-state index in [2.05, 4.69) is 4.98 Å². The second-order valence-corrected chi connectivity index (χ2v) is 9.45. The Labute approximate surface area is 203 Å². The van der Waals surface area contributed by atoms with E-state index in [9.17, 15) is 9.90 Å². The van der Waals surface area contributed by atoms with E-state index in [-0.39, 0.29) is 0 Å². The molecule has 0 amide bonds. The lowest BCUT2D eigenvalue weighted by Crippen LogP contribution is -2.29. The standard InChI is InChI=1S/C28H26N4O3/c1-17-24(26(27(33)34)35-28(2,3)4)25(20-12-8-14-21-19(20)13-9-15-29-21)32-23(30-17)16-22(31-32)18-10-6-5-7-11-18/h5-16,26H,1-4H3,(H,33,34). The van der Waals surface area contributed by atoms with E-state index < -0.39 is 17.7 Å². The average molecular weight is 467 g/mol. The summed E-state index contributed by atoms with van der Waals surface area (Å²) in [6, 6.07) is 21.4. The highest BCUT2D eigenvalue weighted by molar-refractivity contribution is 5.96. The first-order valence-electron chi connectivity index (χ1n) is 11.4. The maximum atomic E-state index is 12.5. The third kappa shape index (κ3) is 4.26. The quantitative estimate of drug-likeness (QED) is 0.349. The molecule has 0 fully saturated rings. The molecule has 0 bridgehead atoms. The van der Waals surface area contributed by atoms with E-state index in [0.29, 0.717) is 22.6 Å². The molecule has 2 aromatic carbocycles. The van der Waals surface area contributed by atoms with Gasteiger partial charge in [0.25, 0.3) is 0 Å². The number of carboxylic acid groups (broad SMARTS) is 1. The Bertz CT molecular complexity index is 1550. The van der Waals surface area contributed by atoms with E-state index in [4.69, 9.17) is 14.8 Å². The number of ether oxygens (including phenoxy) is 1. The van der Waals surface area contributed by atoms with Crippen LogP contribution in [0.15, 0.2) is 72.9 Å². The number of carboxylic acids is 1. The first-order chi connectivity index (χ1) is 16.7.